The predicted octanol–water partition coefficient (Wildman–Crippen LogP) is 0.801. The smallest absolute Gasteiger partial charge is 0.322 e. The maximum absolute atomic E-state index is 11.5. The third-order valence-corrected chi connectivity index (χ3v) is 2.62. The first kappa shape index (κ1) is 11.6. The van der Waals surface area contributed by atoms with Gasteiger partial charge in [0.05, 0.1) is 13.2 Å². The van der Waals surface area contributed by atoms with E-state index in [0.717, 1.165) is 5.56 Å². The minimum atomic E-state index is -0.966. The monoisotopic (exact) mass is 234 g/mol. The van der Waals surface area contributed by atoms with Gasteiger partial charge in [-0.15, -0.1) is 0 Å². The topological polar surface area (TPSA) is 67.4 Å². The van der Waals surface area contributed by atoms with Crippen molar-refractivity contribution >= 4 is 11.9 Å². The molecule has 0 saturated carbocycles. The van der Waals surface area contributed by atoms with Gasteiger partial charge in [0.1, 0.15) is 5.54 Å². The highest BCUT2D eigenvalue weighted by atomic mass is 16.5. The molecular weight excluding hydrogens is 220 g/mol. The van der Waals surface area contributed by atoms with Crippen molar-refractivity contribution in [2.24, 2.45) is 0 Å². The van der Waals surface area contributed by atoms with Crippen LogP contribution in [0.1, 0.15) is 12.5 Å². The van der Waals surface area contributed by atoms with Gasteiger partial charge in [-0.3, -0.25) is 10.1 Å². The molecule has 1 aliphatic heterocycles. The Hall–Kier alpha value is -1.88. The number of amides is 3. The molecule has 0 aromatic heterocycles. The lowest BCUT2D eigenvalue weighted by molar-refractivity contribution is -0.125. The average Bonchev–Trinajstić information content (AvgIpc) is 2.54. The number of benzene rings is 1. The molecule has 1 heterocycles. The zero-order valence-electron chi connectivity index (χ0n) is 9.53. The van der Waals surface area contributed by atoms with Gasteiger partial charge >= 0.3 is 6.03 Å². The summed E-state index contributed by atoms with van der Waals surface area (Å²) in [6.07, 6.45) is 0. The van der Waals surface area contributed by atoms with E-state index in [0.29, 0.717) is 6.61 Å². The lowest BCUT2D eigenvalue weighted by Crippen LogP contribution is -2.47. The van der Waals surface area contributed by atoms with Crippen molar-refractivity contribution < 1.29 is 14.3 Å². The Kier molecular flexibility index (Phi) is 3.10. The molecule has 1 aliphatic rings. The summed E-state index contributed by atoms with van der Waals surface area (Å²) >= 11 is 0. The second-order valence-corrected chi connectivity index (χ2v) is 4.22. The largest absolute Gasteiger partial charge is 0.374 e. The van der Waals surface area contributed by atoms with Crippen LogP contribution in [-0.2, 0) is 16.1 Å². The standard InChI is InChI=1S/C12H14N2O3/c1-12(10(15)13-11(16)14-12)8-17-7-9-5-3-2-4-6-9/h2-6H,7-8H2,1H3,(H2,13,14,15,16). The summed E-state index contributed by atoms with van der Waals surface area (Å²) < 4.78 is 5.45. The summed E-state index contributed by atoms with van der Waals surface area (Å²) in [6.45, 7) is 2.21. The third kappa shape index (κ3) is 2.62. The maximum Gasteiger partial charge on any atom is 0.322 e. The van der Waals surface area contributed by atoms with Crippen molar-refractivity contribution in [3.8, 4) is 0 Å². The summed E-state index contributed by atoms with van der Waals surface area (Å²) in [5.41, 5.74) is 0.0621. The maximum atomic E-state index is 11.5. The molecule has 0 spiro atoms. The van der Waals surface area contributed by atoms with E-state index in [1.54, 1.807) is 6.92 Å². The summed E-state index contributed by atoms with van der Waals surface area (Å²) in [4.78, 5) is 22.5. The molecule has 90 valence electrons. The molecule has 1 unspecified atom stereocenters. The zero-order valence-corrected chi connectivity index (χ0v) is 9.53. The Morgan fingerprint density at radius 1 is 1.24 bits per heavy atom. The third-order valence-electron chi connectivity index (χ3n) is 2.62. The Labute approximate surface area is 99.2 Å². The minimum Gasteiger partial charge on any atom is -0.374 e. The van der Waals surface area contributed by atoms with E-state index in [2.05, 4.69) is 10.6 Å². The van der Waals surface area contributed by atoms with Crippen LogP contribution in [0.2, 0.25) is 0 Å². The van der Waals surface area contributed by atoms with Gasteiger partial charge in [0.15, 0.2) is 0 Å². The highest BCUT2D eigenvalue weighted by Gasteiger charge is 2.42. The van der Waals surface area contributed by atoms with Crippen LogP contribution in [0.25, 0.3) is 0 Å². The van der Waals surface area contributed by atoms with Gasteiger partial charge in [-0.25, -0.2) is 4.79 Å². The number of imide groups is 1. The number of carbonyl (C=O) groups excluding carboxylic acids is 2. The Morgan fingerprint density at radius 2 is 1.94 bits per heavy atom. The zero-order chi connectivity index (χ0) is 12.3. The quantitative estimate of drug-likeness (QED) is 0.757. The van der Waals surface area contributed by atoms with Crippen LogP contribution in [0.5, 0.6) is 0 Å². The van der Waals surface area contributed by atoms with Gasteiger partial charge in [0.2, 0.25) is 0 Å². The van der Waals surface area contributed by atoms with Crippen molar-refractivity contribution in [3.05, 3.63) is 35.9 Å². The van der Waals surface area contributed by atoms with Crippen molar-refractivity contribution in [1.82, 2.24) is 10.6 Å². The molecule has 2 rings (SSSR count). The molecule has 0 bridgehead atoms. The fourth-order valence-corrected chi connectivity index (χ4v) is 1.63. The lowest BCUT2D eigenvalue weighted by Gasteiger charge is -2.20. The van der Waals surface area contributed by atoms with E-state index in [4.69, 9.17) is 4.74 Å². The number of urea groups is 1. The summed E-state index contributed by atoms with van der Waals surface area (Å²) in [7, 11) is 0. The summed E-state index contributed by atoms with van der Waals surface area (Å²) in [5, 5.41) is 4.73. The first-order chi connectivity index (χ1) is 8.10. The minimum absolute atomic E-state index is 0.152. The van der Waals surface area contributed by atoms with E-state index in [-0.39, 0.29) is 12.5 Å². The van der Waals surface area contributed by atoms with Gasteiger partial charge in [-0.05, 0) is 12.5 Å². The molecule has 1 fully saturated rings. The average molecular weight is 234 g/mol. The highest BCUT2D eigenvalue weighted by molar-refractivity contribution is 6.06. The van der Waals surface area contributed by atoms with Gasteiger partial charge in [-0.2, -0.15) is 0 Å². The van der Waals surface area contributed by atoms with E-state index < -0.39 is 11.6 Å². The Bertz CT molecular complexity index is 433. The van der Waals surface area contributed by atoms with Crippen LogP contribution in [0.3, 0.4) is 0 Å². The number of hydrogen-bond acceptors (Lipinski definition) is 3. The van der Waals surface area contributed by atoms with Crippen LogP contribution in [0, 0.1) is 0 Å². The molecule has 2 N–H and O–H groups in total. The van der Waals surface area contributed by atoms with Crippen LogP contribution in [-0.4, -0.2) is 24.1 Å². The summed E-state index contributed by atoms with van der Waals surface area (Å²) in [6, 6.07) is 9.18. The van der Waals surface area contributed by atoms with Crippen molar-refractivity contribution in [2.45, 2.75) is 19.1 Å². The highest BCUT2D eigenvalue weighted by Crippen LogP contribution is 2.11. The van der Waals surface area contributed by atoms with E-state index in [1.165, 1.54) is 0 Å². The Balaban J connectivity index is 1.87. The molecule has 0 radical (unpaired) electrons. The van der Waals surface area contributed by atoms with Gasteiger partial charge in [0, 0.05) is 0 Å². The van der Waals surface area contributed by atoms with E-state index in [1.807, 2.05) is 30.3 Å². The van der Waals surface area contributed by atoms with Crippen LogP contribution in [0.4, 0.5) is 4.79 Å². The van der Waals surface area contributed by atoms with Crippen molar-refractivity contribution in [1.29, 1.82) is 0 Å². The second kappa shape index (κ2) is 4.55. The molecule has 17 heavy (non-hydrogen) atoms. The van der Waals surface area contributed by atoms with Crippen molar-refractivity contribution in [3.63, 3.8) is 0 Å². The molecule has 1 aromatic carbocycles. The normalized spacial score (nSPS) is 23.4. The number of hydrogen-bond donors (Lipinski definition) is 2. The first-order valence-corrected chi connectivity index (χ1v) is 5.35. The lowest BCUT2D eigenvalue weighted by atomic mass is 10.1. The molecule has 3 amide bonds. The fraction of sp³-hybridized carbons (Fsp3) is 0.333. The first-order valence-electron chi connectivity index (χ1n) is 5.35. The molecular formula is C12H14N2O3. The number of carbonyl (C=O) groups is 2. The van der Waals surface area contributed by atoms with Crippen LogP contribution >= 0.6 is 0 Å². The van der Waals surface area contributed by atoms with Crippen LogP contribution in [0.15, 0.2) is 30.3 Å². The Morgan fingerprint density at radius 3 is 2.53 bits per heavy atom. The number of ether oxygens (including phenoxy) is 1. The SMILES string of the molecule is CC1(COCc2ccccc2)NC(=O)NC1=O. The second-order valence-electron chi connectivity index (χ2n) is 4.22. The summed E-state index contributed by atoms with van der Waals surface area (Å²) in [5.74, 6) is -0.351. The van der Waals surface area contributed by atoms with Crippen LogP contribution < -0.4 is 10.6 Å². The molecule has 0 aliphatic carbocycles. The predicted molar refractivity (Wildman–Crippen MR) is 61.2 cm³/mol. The van der Waals surface area contributed by atoms with Crippen molar-refractivity contribution in [2.75, 3.05) is 6.61 Å². The molecule has 1 aromatic rings. The molecule has 1 saturated heterocycles. The number of nitrogens with one attached hydrogen (secondary N) is 2. The molecule has 1 atom stereocenters. The van der Waals surface area contributed by atoms with E-state index in [9.17, 15) is 9.59 Å². The van der Waals surface area contributed by atoms with E-state index >= 15 is 0 Å². The van der Waals surface area contributed by atoms with Gasteiger partial charge < -0.3 is 10.1 Å². The molecule has 5 nitrogen and oxygen atoms in total. The number of rotatable bonds is 4. The van der Waals surface area contributed by atoms with Gasteiger partial charge in [0.25, 0.3) is 5.91 Å². The van der Waals surface area contributed by atoms with Gasteiger partial charge in [-0.1, -0.05) is 30.3 Å². The fourth-order valence-electron chi connectivity index (χ4n) is 1.63. The molecule has 5 heteroatoms.